The Bertz CT molecular complexity index is 305. The van der Waals surface area contributed by atoms with Crippen molar-refractivity contribution in [2.75, 3.05) is 0 Å². The van der Waals surface area contributed by atoms with Crippen molar-refractivity contribution in [3.05, 3.63) is 35.1 Å². The molecule has 0 aromatic heterocycles. The molecule has 0 bridgehead atoms. The van der Waals surface area contributed by atoms with Crippen molar-refractivity contribution in [2.24, 2.45) is 0 Å². The van der Waals surface area contributed by atoms with Crippen molar-refractivity contribution in [3.63, 3.8) is 0 Å². The van der Waals surface area contributed by atoms with Gasteiger partial charge in [-0.2, -0.15) is 0 Å². The van der Waals surface area contributed by atoms with Gasteiger partial charge in [0.15, 0.2) is 0 Å². The molecule has 1 aromatic carbocycles. The minimum absolute atomic E-state index is 0.258. The minimum Gasteiger partial charge on any atom is -0.385 e. The predicted octanol–water partition coefficient (Wildman–Crippen LogP) is 2.75. The molecule has 1 aromatic rings. The number of aliphatic hydroxyl groups is 1. The molecule has 0 heterocycles. The quantitative estimate of drug-likeness (QED) is 0.745. The molecule has 0 saturated carbocycles. The Kier molecular flexibility index (Phi) is 2.71. The van der Waals surface area contributed by atoms with Crippen LogP contribution in [0.1, 0.15) is 31.4 Å². The number of hydrogen-bond donors (Lipinski definition) is 1. The molecule has 1 atom stereocenters. The van der Waals surface area contributed by atoms with Crippen LogP contribution in [-0.4, -0.2) is 5.11 Å². The largest absolute Gasteiger partial charge is 0.385 e. The third-order valence-electron chi connectivity index (χ3n) is 2.48. The van der Waals surface area contributed by atoms with Gasteiger partial charge in [-0.05, 0) is 37.5 Å². The third-order valence-corrected chi connectivity index (χ3v) is 2.48. The maximum atomic E-state index is 13.1. The lowest BCUT2D eigenvalue weighted by Crippen LogP contribution is -2.19. The van der Waals surface area contributed by atoms with Crippen molar-refractivity contribution < 1.29 is 9.50 Å². The monoisotopic (exact) mass is 182 g/mol. The Labute approximate surface area is 78.2 Å². The number of benzene rings is 1. The van der Waals surface area contributed by atoms with Crippen molar-refractivity contribution in [1.82, 2.24) is 0 Å². The molecule has 0 spiro atoms. The second-order valence-corrected chi connectivity index (χ2v) is 3.59. The summed E-state index contributed by atoms with van der Waals surface area (Å²) in [5.41, 5.74) is 0.322. The molecular formula is C11H15FO. The van der Waals surface area contributed by atoms with E-state index >= 15 is 0 Å². The fraction of sp³-hybridized carbons (Fsp3) is 0.455. The maximum absolute atomic E-state index is 13.1. The molecule has 1 N–H and O–H groups in total. The second kappa shape index (κ2) is 3.46. The highest BCUT2D eigenvalue weighted by Gasteiger charge is 2.20. The molecule has 1 rings (SSSR count). The number of hydrogen-bond acceptors (Lipinski definition) is 1. The molecule has 0 aliphatic rings. The van der Waals surface area contributed by atoms with Crippen molar-refractivity contribution in [1.29, 1.82) is 0 Å². The van der Waals surface area contributed by atoms with Crippen LogP contribution in [0.3, 0.4) is 0 Å². The van der Waals surface area contributed by atoms with Crippen LogP contribution in [0, 0.1) is 12.7 Å². The van der Waals surface area contributed by atoms with Crippen molar-refractivity contribution >= 4 is 0 Å². The first kappa shape index (κ1) is 10.2. The molecule has 0 aliphatic heterocycles. The van der Waals surface area contributed by atoms with Gasteiger partial charge in [-0.15, -0.1) is 0 Å². The summed E-state index contributed by atoms with van der Waals surface area (Å²) in [6.45, 7) is 5.27. The lowest BCUT2D eigenvalue weighted by molar-refractivity contribution is 0.0527. The standard InChI is InChI=1S/C11H15FO/c1-4-11(3,13)9-6-5-8(2)10(12)7-9/h5-7,13H,4H2,1-3H3. The average Bonchev–Trinajstić information content (AvgIpc) is 2.09. The van der Waals surface area contributed by atoms with Gasteiger partial charge in [0, 0.05) is 0 Å². The van der Waals surface area contributed by atoms with Gasteiger partial charge in [-0.25, -0.2) is 4.39 Å². The number of aryl methyl sites for hydroxylation is 1. The summed E-state index contributed by atoms with van der Waals surface area (Å²) in [6, 6.07) is 4.86. The van der Waals surface area contributed by atoms with Crippen LogP contribution in [0.4, 0.5) is 4.39 Å². The van der Waals surface area contributed by atoms with E-state index in [-0.39, 0.29) is 5.82 Å². The fourth-order valence-corrected chi connectivity index (χ4v) is 1.13. The Morgan fingerprint density at radius 3 is 2.54 bits per heavy atom. The zero-order chi connectivity index (χ0) is 10.1. The predicted molar refractivity (Wildman–Crippen MR) is 51.0 cm³/mol. The molecule has 72 valence electrons. The van der Waals surface area contributed by atoms with E-state index in [0.717, 1.165) is 0 Å². The molecule has 0 saturated heterocycles. The van der Waals surface area contributed by atoms with E-state index in [9.17, 15) is 9.50 Å². The van der Waals surface area contributed by atoms with E-state index in [0.29, 0.717) is 17.5 Å². The maximum Gasteiger partial charge on any atom is 0.126 e. The Morgan fingerprint density at radius 1 is 1.46 bits per heavy atom. The summed E-state index contributed by atoms with van der Waals surface area (Å²) >= 11 is 0. The summed E-state index contributed by atoms with van der Waals surface area (Å²) < 4.78 is 13.1. The first-order chi connectivity index (χ1) is 5.97. The summed E-state index contributed by atoms with van der Waals surface area (Å²) in [4.78, 5) is 0. The van der Waals surface area contributed by atoms with Crippen molar-refractivity contribution in [2.45, 2.75) is 32.8 Å². The van der Waals surface area contributed by atoms with Gasteiger partial charge in [-0.3, -0.25) is 0 Å². The summed E-state index contributed by atoms with van der Waals surface area (Å²) in [6.07, 6.45) is 0.579. The normalized spacial score (nSPS) is 15.5. The Hall–Kier alpha value is -0.890. The molecule has 0 amide bonds. The van der Waals surface area contributed by atoms with Gasteiger partial charge in [0.1, 0.15) is 5.82 Å². The van der Waals surface area contributed by atoms with Gasteiger partial charge >= 0.3 is 0 Å². The molecular weight excluding hydrogens is 167 g/mol. The van der Waals surface area contributed by atoms with Gasteiger partial charge < -0.3 is 5.11 Å². The molecule has 0 aliphatic carbocycles. The van der Waals surface area contributed by atoms with Crippen LogP contribution < -0.4 is 0 Å². The van der Waals surface area contributed by atoms with E-state index in [1.54, 1.807) is 26.0 Å². The highest BCUT2D eigenvalue weighted by Crippen LogP contribution is 2.25. The molecule has 2 heteroatoms. The third kappa shape index (κ3) is 2.07. The fourth-order valence-electron chi connectivity index (χ4n) is 1.13. The van der Waals surface area contributed by atoms with E-state index in [1.165, 1.54) is 6.07 Å². The molecule has 0 radical (unpaired) electrons. The number of rotatable bonds is 2. The first-order valence-corrected chi connectivity index (χ1v) is 4.46. The van der Waals surface area contributed by atoms with Crippen LogP contribution >= 0.6 is 0 Å². The van der Waals surface area contributed by atoms with E-state index < -0.39 is 5.60 Å². The Morgan fingerprint density at radius 2 is 2.08 bits per heavy atom. The zero-order valence-corrected chi connectivity index (χ0v) is 8.26. The van der Waals surface area contributed by atoms with Gasteiger partial charge in [-0.1, -0.05) is 19.1 Å². The van der Waals surface area contributed by atoms with E-state index in [1.807, 2.05) is 6.92 Å². The Balaban J connectivity index is 3.10. The zero-order valence-electron chi connectivity index (χ0n) is 8.26. The van der Waals surface area contributed by atoms with E-state index in [4.69, 9.17) is 0 Å². The minimum atomic E-state index is -0.922. The summed E-state index contributed by atoms with van der Waals surface area (Å²) in [5, 5.41) is 9.84. The van der Waals surface area contributed by atoms with Crippen LogP contribution in [0.5, 0.6) is 0 Å². The lowest BCUT2D eigenvalue weighted by atomic mass is 9.93. The molecule has 1 nitrogen and oxygen atoms in total. The lowest BCUT2D eigenvalue weighted by Gasteiger charge is -2.22. The van der Waals surface area contributed by atoms with E-state index in [2.05, 4.69) is 0 Å². The number of halogens is 1. The van der Waals surface area contributed by atoms with Crippen LogP contribution in [-0.2, 0) is 5.60 Å². The first-order valence-electron chi connectivity index (χ1n) is 4.46. The van der Waals surface area contributed by atoms with Gasteiger partial charge in [0.2, 0.25) is 0 Å². The van der Waals surface area contributed by atoms with Gasteiger partial charge in [0.25, 0.3) is 0 Å². The highest BCUT2D eigenvalue weighted by atomic mass is 19.1. The highest BCUT2D eigenvalue weighted by molar-refractivity contribution is 5.27. The molecule has 13 heavy (non-hydrogen) atoms. The van der Waals surface area contributed by atoms with Crippen molar-refractivity contribution in [3.8, 4) is 0 Å². The second-order valence-electron chi connectivity index (χ2n) is 3.59. The SMILES string of the molecule is CCC(C)(O)c1ccc(C)c(F)c1. The molecule has 0 fully saturated rings. The van der Waals surface area contributed by atoms with Crippen LogP contribution in [0.25, 0.3) is 0 Å². The average molecular weight is 182 g/mol. The van der Waals surface area contributed by atoms with Gasteiger partial charge in [0.05, 0.1) is 5.60 Å². The van der Waals surface area contributed by atoms with Crippen LogP contribution in [0.2, 0.25) is 0 Å². The topological polar surface area (TPSA) is 20.2 Å². The van der Waals surface area contributed by atoms with Crippen LogP contribution in [0.15, 0.2) is 18.2 Å². The smallest absolute Gasteiger partial charge is 0.126 e. The summed E-state index contributed by atoms with van der Waals surface area (Å²) in [5.74, 6) is -0.258. The molecule has 1 unspecified atom stereocenters. The summed E-state index contributed by atoms with van der Waals surface area (Å²) in [7, 11) is 0.